The third-order valence-electron chi connectivity index (χ3n) is 2.81. The second-order valence-electron chi connectivity index (χ2n) is 6.13. The van der Waals surface area contributed by atoms with E-state index in [9.17, 15) is 9.90 Å². The molecule has 4 heteroatoms. The molecule has 0 aliphatic heterocycles. The van der Waals surface area contributed by atoms with Crippen LogP contribution in [0.25, 0.3) is 0 Å². The van der Waals surface area contributed by atoms with Crippen LogP contribution in [0.15, 0.2) is 12.7 Å². The summed E-state index contributed by atoms with van der Waals surface area (Å²) in [4.78, 5) is 13.2. The van der Waals surface area contributed by atoms with E-state index in [-0.39, 0.29) is 5.54 Å². The molecule has 18 heavy (non-hydrogen) atoms. The van der Waals surface area contributed by atoms with Gasteiger partial charge in [0.25, 0.3) is 0 Å². The Bertz CT molecular complexity index is 290. The van der Waals surface area contributed by atoms with Gasteiger partial charge < -0.3 is 9.84 Å². The molecule has 0 saturated carbocycles. The maximum absolute atomic E-state index is 11.2. The Kier molecular flexibility index (Phi) is 6.04. The number of hydrogen-bond donors (Lipinski definition) is 1. The molecule has 0 spiro atoms. The molecule has 0 radical (unpaired) electrons. The summed E-state index contributed by atoms with van der Waals surface area (Å²) in [5.41, 5.74) is -0.698. The topological polar surface area (TPSA) is 49.8 Å². The predicted molar refractivity (Wildman–Crippen MR) is 73.1 cm³/mol. The first-order valence-electron chi connectivity index (χ1n) is 6.30. The van der Waals surface area contributed by atoms with Gasteiger partial charge in [-0.05, 0) is 48.0 Å². The summed E-state index contributed by atoms with van der Waals surface area (Å²) >= 11 is 0. The third-order valence-corrected chi connectivity index (χ3v) is 2.81. The minimum absolute atomic E-state index is 0.132. The maximum atomic E-state index is 11.2. The lowest BCUT2D eigenvalue weighted by molar-refractivity contribution is -0.151. The SMILES string of the molecule is C=CC(=O)OC(C)(C)CCN(C(C)O)C(C)(C)C. The average Bonchev–Trinajstić information content (AvgIpc) is 2.13. The van der Waals surface area contributed by atoms with Crippen LogP contribution in [0.1, 0.15) is 48.0 Å². The molecule has 0 saturated heterocycles. The molecule has 0 aliphatic rings. The third kappa shape index (κ3) is 6.17. The highest BCUT2D eigenvalue weighted by Gasteiger charge is 2.29. The normalized spacial score (nSPS) is 14.4. The number of ether oxygens (including phenoxy) is 1. The molecule has 0 aromatic rings. The predicted octanol–water partition coefficient (Wildman–Crippen LogP) is 2.32. The largest absolute Gasteiger partial charge is 0.456 e. The molecule has 0 aromatic heterocycles. The Morgan fingerprint density at radius 2 is 1.89 bits per heavy atom. The van der Waals surface area contributed by atoms with Crippen molar-refractivity contribution in [1.82, 2.24) is 4.90 Å². The van der Waals surface area contributed by atoms with Crippen LogP contribution in [0.2, 0.25) is 0 Å². The molecule has 0 amide bonds. The first kappa shape index (κ1) is 17.1. The fourth-order valence-electron chi connectivity index (χ4n) is 1.84. The van der Waals surface area contributed by atoms with Crippen molar-refractivity contribution in [2.75, 3.05) is 6.54 Å². The molecule has 0 rings (SSSR count). The van der Waals surface area contributed by atoms with Gasteiger partial charge in [-0.2, -0.15) is 0 Å². The number of rotatable bonds is 6. The fraction of sp³-hybridized carbons (Fsp3) is 0.786. The monoisotopic (exact) mass is 257 g/mol. The van der Waals surface area contributed by atoms with E-state index in [1.54, 1.807) is 6.92 Å². The zero-order valence-corrected chi connectivity index (χ0v) is 12.5. The van der Waals surface area contributed by atoms with E-state index >= 15 is 0 Å². The molecule has 0 fully saturated rings. The molecule has 0 aliphatic carbocycles. The van der Waals surface area contributed by atoms with E-state index in [0.717, 1.165) is 6.08 Å². The van der Waals surface area contributed by atoms with Crippen molar-refractivity contribution in [2.24, 2.45) is 0 Å². The van der Waals surface area contributed by atoms with Gasteiger partial charge in [-0.25, -0.2) is 4.79 Å². The fourth-order valence-corrected chi connectivity index (χ4v) is 1.84. The van der Waals surface area contributed by atoms with Crippen LogP contribution in [0.4, 0.5) is 0 Å². The van der Waals surface area contributed by atoms with Gasteiger partial charge in [0.1, 0.15) is 11.8 Å². The maximum Gasteiger partial charge on any atom is 0.330 e. The van der Waals surface area contributed by atoms with Crippen molar-refractivity contribution in [1.29, 1.82) is 0 Å². The van der Waals surface area contributed by atoms with Crippen molar-refractivity contribution in [3.63, 3.8) is 0 Å². The van der Waals surface area contributed by atoms with Crippen LogP contribution in [-0.2, 0) is 9.53 Å². The van der Waals surface area contributed by atoms with Crippen molar-refractivity contribution < 1.29 is 14.6 Å². The Hall–Kier alpha value is -0.870. The van der Waals surface area contributed by atoms with Crippen molar-refractivity contribution in [3.05, 3.63) is 12.7 Å². The van der Waals surface area contributed by atoms with Crippen molar-refractivity contribution >= 4 is 5.97 Å². The van der Waals surface area contributed by atoms with Gasteiger partial charge in [0, 0.05) is 18.2 Å². The number of esters is 1. The number of carbonyl (C=O) groups is 1. The Balaban J connectivity index is 4.52. The second kappa shape index (κ2) is 6.34. The highest BCUT2D eigenvalue weighted by molar-refractivity contribution is 5.81. The zero-order valence-electron chi connectivity index (χ0n) is 12.5. The first-order valence-corrected chi connectivity index (χ1v) is 6.30. The van der Waals surface area contributed by atoms with Crippen LogP contribution in [0.3, 0.4) is 0 Å². The summed E-state index contributed by atoms with van der Waals surface area (Å²) in [6.07, 6.45) is 1.28. The average molecular weight is 257 g/mol. The van der Waals surface area contributed by atoms with Crippen LogP contribution >= 0.6 is 0 Å². The molecular weight excluding hydrogens is 230 g/mol. The minimum Gasteiger partial charge on any atom is -0.456 e. The van der Waals surface area contributed by atoms with Gasteiger partial charge in [0.05, 0.1) is 0 Å². The van der Waals surface area contributed by atoms with E-state index < -0.39 is 17.8 Å². The van der Waals surface area contributed by atoms with Gasteiger partial charge in [0.2, 0.25) is 0 Å². The molecule has 4 nitrogen and oxygen atoms in total. The van der Waals surface area contributed by atoms with Crippen LogP contribution < -0.4 is 0 Å². The lowest BCUT2D eigenvalue weighted by Crippen LogP contribution is -2.49. The molecule has 1 N–H and O–H groups in total. The number of carbonyl (C=O) groups excluding carboxylic acids is 1. The number of aliphatic hydroxyl groups excluding tert-OH is 1. The molecule has 0 heterocycles. The number of aliphatic hydroxyl groups is 1. The van der Waals surface area contributed by atoms with E-state index in [0.29, 0.717) is 13.0 Å². The number of hydrogen-bond acceptors (Lipinski definition) is 4. The lowest BCUT2D eigenvalue weighted by Gasteiger charge is -2.39. The summed E-state index contributed by atoms with van der Waals surface area (Å²) in [6, 6.07) is 0. The van der Waals surface area contributed by atoms with E-state index in [2.05, 4.69) is 6.58 Å². The lowest BCUT2D eigenvalue weighted by atomic mass is 10.0. The Morgan fingerprint density at radius 1 is 1.39 bits per heavy atom. The van der Waals surface area contributed by atoms with Gasteiger partial charge >= 0.3 is 5.97 Å². The van der Waals surface area contributed by atoms with E-state index in [4.69, 9.17) is 4.74 Å². The van der Waals surface area contributed by atoms with Gasteiger partial charge in [-0.15, -0.1) is 0 Å². The highest BCUT2D eigenvalue weighted by atomic mass is 16.6. The number of nitrogens with zero attached hydrogens (tertiary/aromatic N) is 1. The summed E-state index contributed by atoms with van der Waals surface area (Å²) in [5, 5.41) is 9.77. The highest BCUT2D eigenvalue weighted by Crippen LogP contribution is 2.21. The first-order chi connectivity index (χ1) is 7.99. The van der Waals surface area contributed by atoms with Crippen LogP contribution in [0.5, 0.6) is 0 Å². The van der Waals surface area contributed by atoms with E-state index in [1.165, 1.54) is 0 Å². The van der Waals surface area contributed by atoms with Crippen LogP contribution in [-0.4, -0.2) is 39.9 Å². The Labute approximate surface area is 111 Å². The summed E-state index contributed by atoms with van der Waals surface area (Å²) in [5.74, 6) is -0.417. The molecule has 1 unspecified atom stereocenters. The molecular formula is C14H27NO3. The summed E-state index contributed by atoms with van der Waals surface area (Å²) < 4.78 is 5.26. The van der Waals surface area contributed by atoms with Crippen LogP contribution in [0, 0.1) is 0 Å². The van der Waals surface area contributed by atoms with Gasteiger partial charge in [0.15, 0.2) is 0 Å². The Morgan fingerprint density at radius 3 is 2.22 bits per heavy atom. The molecule has 0 bridgehead atoms. The minimum atomic E-state index is -0.566. The van der Waals surface area contributed by atoms with Crippen molar-refractivity contribution in [3.8, 4) is 0 Å². The molecule has 1 atom stereocenters. The van der Waals surface area contributed by atoms with Gasteiger partial charge in [-0.1, -0.05) is 6.58 Å². The second-order valence-corrected chi connectivity index (χ2v) is 6.13. The molecule has 0 aromatic carbocycles. The summed E-state index contributed by atoms with van der Waals surface area (Å²) in [6.45, 7) is 15.6. The van der Waals surface area contributed by atoms with Crippen molar-refractivity contribution in [2.45, 2.75) is 65.3 Å². The standard InChI is InChI=1S/C14H27NO3/c1-8-12(17)18-14(6,7)9-10-15(11(2)16)13(3,4)5/h8,11,16H,1,9-10H2,2-7H3. The quantitative estimate of drug-likeness (QED) is 0.451. The zero-order chi connectivity index (χ0) is 14.6. The smallest absolute Gasteiger partial charge is 0.330 e. The van der Waals surface area contributed by atoms with E-state index in [1.807, 2.05) is 39.5 Å². The molecule has 106 valence electrons. The van der Waals surface area contributed by atoms with Gasteiger partial charge in [-0.3, -0.25) is 4.90 Å². The summed E-state index contributed by atoms with van der Waals surface area (Å²) in [7, 11) is 0.